The molecule has 2 rings (SSSR count). The minimum absolute atomic E-state index is 0.536. The molecule has 0 N–H and O–H groups in total. The van der Waals surface area contributed by atoms with Crippen LogP contribution in [0.2, 0.25) is 5.15 Å². The van der Waals surface area contributed by atoms with Crippen LogP contribution < -0.4 is 4.74 Å². The monoisotopic (exact) mass is 294 g/mol. The zero-order valence-corrected chi connectivity index (χ0v) is 12.5. The smallest absolute Gasteiger partial charge is 0.136 e. The average molecular weight is 295 g/mol. The van der Waals surface area contributed by atoms with Gasteiger partial charge in [-0.2, -0.15) is 0 Å². The van der Waals surface area contributed by atoms with Crippen molar-refractivity contribution in [2.75, 3.05) is 7.11 Å². The molecule has 3 nitrogen and oxygen atoms in total. The van der Waals surface area contributed by atoms with Crippen molar-refractivity contribution < 1.29 is 4.74 Å². The van der Waals surface area contributed by atoms with Gasteiger partial charge in [0, 0.05) is 5.56 Å². The normalized spacial score (nSPS) is 10.5. The summed E-state index contributed by atoms with van der Waals surface area (Å²) in [6, 6.07) is 7.87. The highest BCUT2D eigenvalue weighted by Crippen LogP contribution is 2.36. The fourth-order valence-corrected chi connectivity index (χ4v) is 3.04. The maximum atomic E-state index is 6.15. The zero-order valence-electron chi connectivity index (χ0n) is 10.9. The van der Waals surface area contributed by atoms with E-state index >= 15 is 0 Å². The van der Waals surface area contributed by atoms with Gasteiger partial charge in [0.1, 0.15) is 22.3 Å². The van der Waals surface area contributed by atoms with E-state index in [2.05, 4.69) is 16.9 Å². The van der Waals surface area contributed by atoms with Gasteiger partial charge in [-0.05, 0) is 18.6 Å². The van der Waals surface area contributed by atoms with Gasteiger partial charge in [0.05, 0.1) is 12.0 Å². The lowest BCUT2D eigenvalue weighted by Crippen LogP contribution is -1.96. The first-order chi connectivity index (χ1) is 9.26. The molecule has 1 aromatic heterocycles. The van der Waals surface area contributed by atoms with Gasteiger partial charge >= 0.3 is 0 Å². The summed E-state index contributed by atoms with van der Waals surface area (Å²) < 4.78 is 5.35. The Morgan fingerprint density at radius 3 is 2.79 bits per heavy atom. The molecule has 0 bridgehead atoms. The van der Waals surface area contributed by atoms with Crippen molar-refractivity contribution in [2.45, 2.75) is 29.7 Å². The van der Waals surface area contributed by atoms with Crippen LogP contribution in [-0.2, 0) is 6.42 Å². The van der Waals surface area contributed by atoms with Crippen molar-refractivity contribution in [1.82, 2.24) is 9.97 Å². The molecule has 0 atom stereocenters. The second-order valence-electron chi connectivity index (χ2n) is 3.95. The Kier molecular flexibility index (Phi) is 5.05. The van der Waals surface area contributed by atoms with Gasteiger partial charge < -0.3 is 4.74 Å². The molecule has 0 fully saturated rings. The van der Waals surface area contributed by atoms with Crippen molar-refractivity contribution in [2.24, 2.45) is 0 Å². The van der Waals surface area contributed by atoms with Gasteiger partial charge in [0.25, 0.3) is 0 Å². The topological polar surface area (TPSA) is 35.0 Å². The van der Waals surface area contributed by atoms with E-state index in [1.807, 2.05) is 24.3 Å². The molecule has 0 saturated heterocycles. The number of hydrogen-bond donors (Lipinski definition) is 0. The number of methoxy groups -OCH3 is 1. The number of ether oxygens (including phenoxy) is 1. The van der Waals surface area contributed by atoms with Gasteiger partial charge in [-0.15, -0.1) is 0 Å². The number of aromatic nitrogens is 2. The third-order valence-electron chi connectivity index (χ3n) is 2.63. The number of rotatable bonds is 5. The summed E-state index contributed by atoms with van der Waals surface area (Å²) in [7, 11) is 1.67. The maximum absolute atomic E-state index is 6.15. The third-order valence-corrected chi connectivity index (χ3v) is 4.06. The van der Waals surface area contributed by atoms with Crippen LogP contribution in [0.1, 0.15) is 18.9 Å². The fraction of sp³-hybridized carbons (Fsp3) is 0.286. The molecule has 0 aliphatic rings. The highest BCUT2D eigenvalue weighted by Gasteiger charge is 2.12. The minimum atomic E-state index is 0.536. The lowest BCUT2D eigenvalue weighted by molar-refractivity contribution is 0.405. The lowest BCUT2D eigenvalue weighted by atomic mass is 10.2. The van der Waals surface area contributed by atoms with Crippen LogP contribution in [0.4, 0.5) is 0 Å². The second kappa shape index (κ2) is 6.78. The highest BCUT2D eigenvalue weighted by molar-refractivity contribution is 7.99. The van der Waals surface area contributed by atoms with Crippen molar-refractivity contribution in [1.29, 1.82) is 0 Å². The number of nitrogens with zero attached hydrogens (tertiary/aromatic N) is 2. The molecular formula is C14H15ClN2OS. The number of halogens is 1. The van der Waals surface area contributed by atoms with Crippen LogP contribution in [0.25, 0.3) is 0 Å². The Morgan fingerprint density at radius 1 is 1.26 bits per heavy atom. The van der Waals surface area contributed by atoms with E-state index in [1.165, 1.54) is 6.33 Å². The van der Waals surface area contributed by atoms with Crippen LogP contribution >= 0.6 is 23.4 Å². The van der Waals surface area contributed by atoms with Gasteiger partial charge in [0.2, 0.25) is 0 Å². The predicted molar refractivity (Wildman–Crippen MR) is 78.2 cm³/mol. The van der Waals surface area contributed by atoms with E-state index in [-0.39, 0.29) is 0 Å². The SMILES string of the molecule is CCCc1c(Cl)ncnc1Sc1ccccc1OC. The molecule has 0 aliphatic heterocycles. The molecule has 2 aromatic rings. The third kappa shape index (κ3) is 3.39. The van der Waals surface area contributed by atoms with Gasteiger partial charge in [-0.1, -0.05) is 48.8 Å². The molecule has 0 unspecified atom stereocenters. The summed E-state index contributed by atoms with van der Waals surface area (Å²) in [6.45, 7) is 2.11. The van der Waals surface area contributed by atoms with Crippen LogP contribution in [0.3, 0.4) is 0 Å². The molecule has 0 amide bonds. The minimum Gasteiger partial charge on any atom is -0.496 e. The van der Waals surface area contributed by atoms with E-state index in [1.54, 1.807) is 18.9 Å². The predicted octanol–water partition coefficient (Wildman–Crippen LogP) is 4.24. The van der Waals surface area contributed by atoms with Gasteiger partial charge in [-0.3, -0.25) is 0 Å². The van der Waals surface area contributed by atoms with Crippen LogP contribution in [0.15, 0.2) is 40.5 Å². The van der Waals surface area contributed by atoms with Crippen molar-refractivity contribution in [3.05, 3.63) is 41.3 Å². The molecule has 1 aromatic carbocycles. The number of hydrogen-bond acceptors (Lipinski definition) is 4. The molecule has 100 valence electrons. The average Bonchev–Trinajstić information content (AvgIpc) is 2.43. The fourth-order valence-electron chi connectivity index (χ4n) is 1.73. The standard InChI is InChI=1S/C14H15ClN2OS/c1-3-6-10-13(15)16-9-17-14(10)19-12-8-5-4-7-11(12)18-2/h4-5,7-9H,3,6H2,1-2H3. The van der Waals surface area contributed by atoms with Crippen LogP contribution in [0, 0.1) is 0 Å². The van der Waals surface area contributed by atoms with Gasteiger partial charge in [0.15, 0.2) is 0 Å². The summed E-state index contributed by atoms with van der Waals surface area (Å²) in [5.74, 6) is 0.838. The molecule has 0 radical (unpaired) electrons. The summed E-state index contributed by atoms with van der Waals surface area (Å²) in [5.41, 5.74) is 1.00. The van der Waals surface area contributed by atoms with Crippen LogP contribution in [0.5, 0.6) is 5.75 Å². The van der Waals surface area contributed by atoms with Crippen LogP contribution in [-0.4, -0.2) is 17.1 Å². The van der Waals surface area contributed by atoms with E-state index in [0.29, 0.717) is 5.15 Å². The lowest BCUT2D eigenvalue weighted by Gasteiger charge is -2.10. The van der Waals surface area contributed by atoms with Crippen molar-refractivity contribution in [3.8, 4) is 5.75 Å². The number of para-hydroxylation sites is 1. The molecule has 0 saturated carbocycles. The largest absolute Gasteiger partial charge is 0.496 e. The summed E-state index contributed by atoms with van der Waals surface area (Å²) in [5, 5.41) is 1.43. The van der Waals surface area contributed by atoms with E-state index in [4.69, 9.17) is 16.3 Å². The Labute approximate surface area is 122 Å². The highest BCUT2D eigenvalue weighted by atomic mass is 35.5. The summed E-state index contributed by atoms with van der Waals surface area (Å²) in [6.07, 6.45) is 3.38. The Morgan fingerprint density at radius 2 is 2.05 bits per heavy atom. The van der Waals surface area contributed by atoms with E-state index in [0.717, 1.165) is 34.1 Å². The molecule has 0 spiro atoms. The Balaban J connectivity index is 2.35. The van der Waals surface area contributed by atoms with E-state index in [9.17, 15) is 0 Å². The first-order valence-corrected chi connectivity index (χ1v) is 7.26. The Bertz CT molecular complexity index is 563. The second-order valence-corrected chi connectivity index (χ2v) is 5.34. The van der Waals surface area contributed by atoms with Crippen molar-refractivity contribution >= 4 is 23.4 Å². The quantitative estimate of drug-likeness (QED) is 0.773. The Hall–Kier alpha value is -1.26. The molecule has 5 heteroatoms. The summed E-state index contributed by atoms with van der Waals surface area (Å²) >= 11 is 7.71. The molecule has 0 aliphatic carbocycles. The first-order valence-electron chi connectivity index (χ1n) is 6.06. The maximum Gasteiger partial charge on any atom is 0.136 e. The molecular weight excluding hydrogens is 280 g/mol. The van der Waals surface area contributed by atoms with Crippen molar-refractivity contribution in [3.63, 3.8) is 0 Å². The summed E-state index contributed by atoms with van der Waals surface area (Å²) in [4.78, 5) is 9.42. The van der Waals surface area contributed by atoms with E-state index < -0.39 is 0 Å². The zero-order chi connectivity index (χ0) is 13.7. The first kappa shape index (κ1) is 14.2. The number of benzene rings is 1. The molecule has 1 heterocycles. The molecule has 19 heavy (non-hydrogen) atoms. The van der Waals surface area contributed by atoms with Gasteiger partial charge in [-0.25, -0.2) is 9.97 Å².